The van der Waals surface area contributed by atoms with Gasteiger partial charge in [0.25, 0.3) is 5.89 Å². The summed E-state index contributed by atoms with van der Waals surface area (Å²) in [6.45, 7) is 1.90. The lowest BCUT2D eigenvalue weighted by Gasteiger charge is -2.32. The van der Waals surface area contributed by atoms with Gasteiger partial charge in [-0.15, -0.1) is 0 Å². The number of halogens is 1. The number of nitrogens with zero attached hydrogens (tertiary/aromatic N) is 4. The highest BCUT2D eigenvalue weighted by Gasteiger charge is 2.39. The summed E-state index contributed by atoms with van der Waals surface area (Å²) >= 11 is 6.27. The monoisotopic (exact) mass is 310 g/mol. The highest BCUT2D eigenvalue weighted by atomic mass is 35.5. The number of ether oxygens (including phenoxy) is 1. The van der Waals surface area contributed by atoms with Gasteiger partial charge in [0.1, 0.15) is 5.60 Å². The minimum atomic E-state index is -0.434. The molecule has 114 valence electrons. The smallest absolute Gasteiger partial charge is 0.280 e. The van der Waals surface area contributed by atoms with Crippen molar-refractivity contribution in [1.82, 2.24) is 19.9 Å². The van der Waals surface area contributed by atoms with Crippen molar-refractivity contribution >= 4 is 11.6 Å². The van der Waals surface area contributed by atoms with Crippen LogP contribution in [0.15, 0.2) is 4.52 Å². The first-order valence-corrected chi connectivity index (χ1v) is 7.54. The zero-order valence-corrected chi connectivity index (χ0v) is 13.3. The van der Waals surface area contributed by atoms with Crippen molar-refractivity contribution in [3.63, 3.8) is 0 Å². The zero-order chi connectivity index (χ0) is 15.0. The quantitative estimate of drug-likeness (QED) is 0.870. The molecule has 2 aromatic heterocycles. The fraction of sp³-hybridized carbons (Fsp3) is 0.643. The molecule has 1 fully saturated rings. The average Bonchev–Trinajstić information content (AvgIpc) is 3.09. The van der Waals surface area contributed by atoms with E-state index in [2.05, 4.69) is 15.2 Å². The molecule has 6 nitrogen and oxygen atoms in total. The zero-order valence-electron chi connectivity index (χ0n) is 12.5. The second-order valence-electron chi connectivity index (χ2n) is 5.55. The number of methoxy groups -OCH3 is 1. The molecule has 3 rings (SSSR count). The van der Waals surface area contributed by atoms with Crippen LogP contribution in [0, 0.1) is 6.92 Å². The molecular formula is C14H19ClN4O2. The van der Waals surface area contributed by atoms with Gasteiger partial charge in [0.2, 0.25) is 5.82 Å². The molecule has 2 heterocycles. The minimum Gasteiger partial charge on any atom is -0.370 e. The van der Waals surface area contributed by atoms with Gasteiger partial charge < -0.3 is 9.26 Å². The molecule has 0 bridgehead atoms. The Kier molecular flexibility index (Phi) is 3.75. The topological polar surface area (TPSA) is 66.0 Å². The summed E-state index contributed by atoms with van der Waals surface area (Å²) in [4.78, 5) is 4.50. The van der Waals surface area contributed by atoms with E-state index in [0.717, 1.165) is 31.4 Å². The van der Waals surface area contributed by atoms with Crippen LogP contribution in [0.1, 0.15) is 43.6 Å². The van der Waals surface area contributed by atoms with Crippen LogP contribution in [0.3, 0.4) is 0 Å². The highest BCUT2D eigenvalue weighted by Crippen LogP contribution is 2.39. The van der Waals surface area contributed by atoms with Crippen molar-refractivity contribution in [2.45, 2.75) is 44.6 Å². The molecule has 0 aliphatic heterocycles. The van der Waals surface area contributed by atoms with Crippen LogP contribution in [0.4, 0.5) is 0 Å². The third kappa shape index (κ3) is 2.36. The average molecular weight is 311 g/mol. The standard InChI is InChI=1S/C14H19ClN4O2/c1-9-10(15)11(17-19(9)2)12-16-13(18-21-12)14(20-3)7-5-4-6-8-14/h4-8H2,1-3H3. The Morgan fingerprint density at radius 2 is 2.00 bits per heavy atom. The lowest BCUT2D eigenvalue weighted by Crippen LogP contribution is -2.32. The molecular weight excluding hydrogens is 292 g/mol. The van der Waals surface area contributed by atoms with Crippen LogP contribution in [0.25, 0.3) is 11.6 Å². The van der Waals surface area contributed by atoms with Crippen molar-refractivity contribution in [3.8, 4) is 11.6 Å². The van der Waals surface area contributed by atoms with Crippen LogP contribution < -0.4 is 0 Å². The summed E-state index contributed by atoms with van der Waals surface area (Å²) in [5, 5.41) is 9.00. The van der Waals surface area contributed by atoms with Crippen LogP contribution in [0.5, 0.6) is 0 Å². The summed E-state index contributed by atoms with van der Waals surface area (Å²) < 4.78 is 12.8. The van der Waals surface area contributed by atoms with E-state index in [0.29, 0.717) is 22.4 Å². The lowest BCUT2D eigenvalue weighted by molar-refractivity contribution is -0.0527. The van der Waals surface area contributed by atoms with Gasteiger partial charge in [-0.05, 0) is 19.8 Å². The predicted molar refractivity (Wildman–Crippen MR) is 78.0 cm³/mol. The van der Waals surface area contributed by atoms with Crippen molar-refractivity contribution in [2.24, 2.45) is 7.05 Å². The molecule has 1 aliphatic carbocycles. The highest BCUT2D eigenvalue weighted by molar-refractivity contribution is 6.33. The van der Waals surface area contributed by atoms with Gasteiger partial charge in [0.15, 0.2) is 5.69 Å². The second kappa shape index (κ2) is 5.42. The molecule has 0 radical (unpaired) electrons. The first kappa shape index (κ1) is 14.5. The summed E-state index contributed by atoms with van der Waals surface area (Å²) in [5.41, 5.74) is 0.957. The largest absolute Gasteiger partial charge is 0.370 e. The molecule has 0 amide bonds. The Bertz CT molecular complexity index is 643. The van der Waals surface area contributed by atoms with Crippen LogP contribution in [-0.4, -0.2) is 27.0 Å². The van der Waals surface area contributed by atoms with Gasteiger partial charge in [-0.2, -0.15) is 10.1 Å². The van der Waals surface area contributed by atoms with Gasteiger partial charge in [-0.1, -0.05) is 36.0 Å². The maximum absolute atomic E-state index is 6.27. The molecule has 7 heteroatoms. The summed E-state index contributed by atoms with van der Waals surface area (Å²) in [7, 11) is 3.54. The Morgan fingerprint density at radius 1 is 1.29 bits per heavy atom. The van der Waals surface area contributed by atoms with E-state index >= 15 is 0 Å². The summed E-state index contributed by atoms with van der Waals surface area (Å²) in [6, 6.07) is 0. The SMILES string of the molecule is COC1(c2noc(-c3nn(C)c(C)c3Cl)n2)CCCCC1. The van der Waals surface area contributed by atoms with E-state index in [9.17, 15) is 0 Å². The molecule has 0 saturated heterocycles. The lowest BCUT2D eigenvalue weighted by atomic mass is 9.84. The third-order valence-electron chi connectivity index (χ3n) is 4.35. The molecule has 0 aromatic carbocycles. The number of hydrogen-bond acceptors (Lipinski definition) is 5. The van der Waals surface area contributed by atoms with Gasteiger partial charge in [0, 0.05) is 14.2 Å². The molecule has 21 heavy (non-hydrogen) atoms. The molecule has 2 aromatic rings. The predicted octanol–water partition coefficient (Wildman–Crippen LogP) is 3.24. The molecule has 0 atom stereocenters. The van der Waals surface area contributed by atoms with Crippen molar-refractivity contribution in [2.75, 3.05) is 7.11 Å². The third-order valence-corrected chi connectivity index (χ3v) is 4.80. The van der Waals surface area contributed by atoms with E-state index in [1.807, 2.05) is 14.0 Å². The fourth-order valence-corrected chi connectivity index (χ4v) is 3.11. The fourth-order valence-electron chi connectivity index (χ4n) is 2.87. The Balaban J connectivity index is 1.97. The van der Waals surface area contributed by atoms with Crippen molar-refractivity contribution < 1.29 is 9.26 Å². The number of aryl methyl sites for hydroxylation is 1. The Labute approximate surface area is 128 Å². The number of hydrogen-bond donors (Lipinski definition) is 0. The molecule has 0 spiro atoms. The van der Waals surface area contributed by atoms with Gasteiger partial charge in [0.05, 0.1) is 10.7 Å². The Morgan fingerprint density at radius 3 is 2.57 bits per heavy atom. The van der Waals surface area contributed by atoms with Gasteiger partial charge in [-0.3, -0.25) is 4.68 Å². The van der Waals surface area contributed by atoms with Crippen LogP contribution >= 0.6 is 11.6 Å². The summed E-state index contributed by atoms with van der Waals surface area (Å²) in [5.74, 6) is 0.944. The molecule has 0 unspecified atom stereocenters. The molecule has 1 saturated carbocycles. The number of rotatable bonds is 3. The first-order valence-electron chi connectivity index (χ1n) is 7.16. The van der Waals surface area contributed by atoms with E-state index in [1.54, 1.807) is 11.8 Å². The maximum atomic E-state index is 6.27. The van der Waals surface area contributed by atoms with Crippen LogP contribution in [0.2, 0.25) is 5.02 Å². The second-order valence-corrected chi connectivity index (χ2v) is 5.93. The number of aromatic nitrogens is 4. The van der Waals surface area contributed by atoms with Crippen LogP contribution in [-0.2, 0) is 17.4 Å². The van der Waals surface area contributed by atoms with E-state index in [1.165, 1.54) is 6.42 Å². The maximum Gasteiger partial charge on any atom is 0.280 e. The van der Waals surface area contributed by atoms with Gasteiger partial charge in [-0.25, -0.2) is 0 Å². The van der Waals surface area contributed by atoms with Crippen molar-refractivity contribution in [1.29, 1.82) is 0 Å². The molecule has 0 N–H and O–H groups in total. The first-order chi connectivity index (χ1) is 10.1. The van der Waals surface area contributed by atoms with E-state index in [-0.39, 0.29) is 0 Å². The normalized spacial score (nSPS) is 18.1. The molecule has 1 aliphatic rings. The summed E-state index contributed by atoms with van der Waals surface area (Å²) in [6.07, 6.45) is 5.28. The van der Waals surface area contributed by atoms with Gasteiger partial charge >= 0.3 is 0 Å². The van der Waals surface area contributed by atoms with E-state index in [4.69, 9.17) is 20.9 Å². The Hall–Kier alpha value is -1.40. The minimum absolute atomic E-state index is 0.348. The van der Waals surface area contributed by atoms with E-state index < -0.39 is 5.60 Å². The van der Waals surface area contributed by atoms with Crippen molar-refractivity contribution in [3.05, 3.63) is 16.5 Å².